The number of sulfonamides is 1. The van der Waals surface area contributed by atoms with E-state index < -0.39 is 22.0 Å². The third kappa shape index (κ3) is 6.28. The van der Waals surface area contributed by atoms with Gasteiger partial charge in [0.15, 0.2) is 0 Å². The van der Waals surface area contributed by atoms with Crippen LogP contribution in [0.1, 0.15) is 49.9 Å². The fourth-order valence-electron chi connectivity index (χ4n) is 4.12. The lowest BCUT2D eigenvalue weighted by Crippen LogP contribution is -2.45. The fourth-order valence-corrected chi connectivity index (χ4v) is 5.30. The highest BCUT2D eigenvalue weighted by Gasteiger charge is 2.30. The molecule has 1 heterocycles. The minimum atomic E-state index is -3.77. The average molecular weight is 488 g/mol. The summed E-state index contributed by atoms with van der Waals surface area (Å²) in [6.45, 7) is 5.25. The summed E-state index contributed by atoms with van der Waals surface area (Å²) in [5.74, 6) is -0.0508. The van der Waals surface area contributed by atoms with E-state index in [-0.39, 0.29) is 5.91 Å². The lowest BCUT2D eigenvalue weighted by Gasteiger charge is -2.29. The number of nitrogens with zero attached hydrogens (tertiary/aromatic N) is 2. The number of ether oxygens (including phenoxy) is 1. The number of nitrogens with one attached hydrogen (secondary N) is 1. The Morgan fingerprint density at radius 2 is 1.65 bits per heavy atom. The SMILES string of the molecule is CCOc1ccc(N([C@H](C)C(=O)Nc2ccccc2C(=O)N2CCCCCC2)S(C)(=O)=O)cc1. The zero-order chi connectivity index (χ0) is 24.7. The third-order valence-electron chi connectivity index (χ3n) is 5.80. The molecule has 1 aliphatic rings. The largest absolute Gasteiger partial charge is 0.494 e. The van der Waals surface area contributed by atoms with Crippen LogP contribution in [-0.2, 0) is 14.8 Å². The maximum Gasteiger partial charge on any atom is 0.255 e. The number of carbonyl (C=O) groups excluding carboxylic acids is 2. The van der Waals surface area contributed by atoms with Crippen molar-refractivity contribution in [2.75, 3.05) is 35.6 Å². The Balaban J connectivity index is 1.83. The van der Waals surface area contributed by atoms with Gasteiger partial charge in [-0.25, -0.2) is 8.42 Å². The quantitative estimate of drug-likeness (QED) is 0.609. The van der Waals surface area contributed by atoms with Gasteiger partial charge in [0.1, 0.15) is 11.8 Å². The summed E-state index contributed by atoms with van der Waals surface area (Å²) in [5.41, 5.74) is 1.12. The topological polar surface area (TPSA) is 96.0 Å². The molecule has 34 heavy (non-hydrogen) atoms. The van der Waals surface area contributed by atoms with Crippen molar-refractivity contribution in [1.82, 2.24) is 4.90 Å². The van der Waals surface area contributed by atoms with Crippen LogP contribution in [0.4, 0.5) is 11.4 Å². The van der Waals surface area contributed by atoms with Crippen LogP contribution in [0.25, 0.3) is 0 Å². The van der Waals surface area contributed by atoms with E-state index in [0.29, 0.717) is 42.4 Å². The van der Waals surface area contributed by atoms with Crippen LogP contribution in [0, 0.1) is 0 Å². The van der Waals surface area contributed by atoms with E-state index in [1.807, 2.05) is 11.8 Å². The molecule has 0 aromatic heterocycles. The maximum atomic E-state index is 13.2. The number of hydrogen-bond donors (Lipinski definition) is 1. The first kappa shape index (κ1) is 25.6. The number of hydrogen-bond acceptors (Lipinski definition) is 5. The van der Waals surface area contributed by atoms with E-state index in [0.717, 1.165) is 36.2 Å². The molecule has 1 fully saturated rings. The maximum absolute atomic E-state index is 13.2. The molecule has 1 N–H and O–H groups in total. The van der Waals surface area contributed by atoms with E-state index in [9.17, 15) is 18.0 Å². The van der Waals surface area contributed by atoms with Crippen LogP contribution in [0.2, 0.25) is 0 Å². The van der Waals surface area contributed by atoms with Crippen molar-refractivity contribution in [3.8, 4) is 5.75 Å². The molecular weight excluding hydrogens is 454 g/mol. The first-order valence-corrected chi connectivity index (χ1v) is 13.5. The molecule has 2 aromatic carbocycles. The Hall–Kier alpha value is -3.07. The molecule has 0 bridgehead atoms. The summed E-state index contributed by atoms with van der Waals surface area (Å²) in [6, 6.07) is 12.3. The predicted octanol–water partition coefficient (Wildman–Crippen LogP) is 3.89. The Morgan fingerprint density at radius 3 is 2.24 bits per heavy atom. The second-order valence-electron chi connectivity index (χ2n) is 8.40. The smallest absolute Gasteiger partial charge is 0.255 e. The summed E-state index contributed by atoms with van der Waals surface area (Å²) in [6.07, 6.45) is 5.19. The van der Waals surface area contributed by atoms with Gasteiger partial charge in [0.05, 0.1) is 29.8 Å². The van der Waals surface area contributed by atoms with E-state index >= 15 is 0 Å². The van der Waals surface area contributed by atoms with Crippen LogP contribution in [0.3, 0.4) is 0 Å². The monoisotopic (exact) mass is 487 g/mol. The highest BCUT2D eigenvalue weighted by molar-refractivity contribution is 7.92. The number of anilines is 2. The minimum absolute atomic E-state index is 0.128. The zero-order valence-corrected chi connectivity index (χ0v) is 20.8. The molecule has 2 aromatic rings. The molecule has 0 saturated carbocycles. The molecule has 8 nitrogen and oxygen atoms in total. The molecule has 1 aliphatic heterocycles. The number of rotatable bonds is 8. The fraction of sp³-hybridized carbons (Fsp3) is 0.440. The summed E-state index contributed by atoms with van der Waals surface area (Å²) in [4.78, 5) is 28.2. The van der Waals surface area contributed by atoms with Gasteiger partial charge in [-0.15, -0.1) is 0 Å². The van der Waals surface area contributed by atoms with Crippen molar-refractivity contribution in [3.63, 3.8) is 0 Å². The first-order valence-electron chi connectivity index (χ1n) is 11.6. The summed E-state index contributed by atoms with van der Waals surface area (Å²) in [5, 5.41) is 2.78. The van der Waals surface area contributed by atoms with Crippen LogP contribution in [-0.4, -0.2) is 57.1 Å². The van der Waals surface area contributed by atoms with Gasteiger partial charge in [0, 0.05) is 13.1 Å². The molecule has 1 saturated heterocycles. The Morgan fingerprint density at radius 1 is 1.03 bits per heavy atom. The van der Waals surface area contributed by atoms with Gasteiger partial charge in [-0.3, -0.25) is 13.9 Å². The van der Waals surface area contributed by atoms with Crippen LogP contribution < -0.4 is 14.4 Å². The molecular formula is C25H33N3O5S. The number of para-hydroxylation sites is 1. The summed E-state index contributed by atoms with van der Waals surface area (Å²) >= 11 is 0. The second kappa shape index (κ2) is 11.4. The molecule has 3 rings (SSSR count). The van der Waals surface area contributed by atoms with Crippen molar-refractivity contribution in [3.05, 3.63) is 54.1 Å². The van der Waals surface area contributed by atoms with Gasteiger partial charge in [-0.1, -0.05) is 25.0 Å². The molecule has 0 radical (unpaired) electrons. The summed E-state index contributed by atoms with van der Waals surface area (Å²) < 4.78 is 31.7. The molecule has 0 unspecified atom stereocenters. The van der Waals surface area contributed by atoms with Crippen molar-refractivity contribution in [2.24, 2.45) is 0 Å². The molecule has 2 amide bonds. The van der Waals surface area contributed by atoms with E-state index in [4.69, 9.17) is 4.74 Å². The standard InChI is InChI=1S/C25H33N3O5S/c1-4-33-21-15-13-20(14-16-21)28(34(3,31)32)19(2)24(29)26-23-12-8-7-11-22(23)25(30)27-17-9-5-6-10-18-27/h7-8,11-16,19H,4-6,9-10,17-18H2,1-3H3,(H,26,29)/t19-/m1/s1. The van der Waals surface area contributed by atoms with E-state index in [2.05, 4.69) is 5.32 Å². The van der Waals surface area contributed by atoms with Gasteiger partial charge in [-0.05, 0) is 63.1 Å². The normalized spacial score (nSPS) is 15.2. The van der Waals surface area contributed by atoms with Crippen LogP contribution in [0.15, 0.2) is 48.5 Å². The van der Waals surface area contributed by atoms with Crippen LogP contribution in [0.5, 0.6) is 5.75 Å². The minimum Gasteiger partial charge on any atom is -0.494 e. The molecule has 1 atom stereocenters. The zero-order valence-electron chi connectivity index (χ0n) is 20.0. The summed E-state index contributed by atoms with van der Waals surface area (Å²) in [7, 11) is -3.77. The predicted molar refractivity (Wildman–Crippen MR) is 134 cm³/mol. The van der Waals surface area contributed by atoms with Gasteiger partial charge in [0.2, 0.25) is 15.9 Å². The highest BCUT2D eigenvalue weighted by Crippen LogP contribution is 2.26. The second-order valence-corrected chi connectivity index (χ2v) is 10.3. The number of benzene rings is 2. The molecule has 0 aliphatic carbocycles. The first-order chi connectivity index (χ1) is 16.2. The van der Waals surface area contributed by atoms with Gasteiger partial charge >= 0.3 is 0 Å². The Kier molecular flexibility index (Phi) is 8.55. The van der Waals surface area contributed by atoms with Crippen molar-refractivity contribution in [2.45, 2.75) is 45.6 Å². The molecule has 9 heteroatoms. The van der Waals surface area contributed by atoms with Crippen LogP contribution >= 0.6 is 0 Å². The molecule has 0 spiro atoms. The van der Waals surface area contributed by atoms with E-state index in [1.54, 1.807) is 48.5 Å². The lowest BCUT2D eigenvalue weighted by molar-refractivity contribution is -0.116. The number of carbonyl (C=O) groups is 2. The van der Waals surface area contributed by atoms with Gasteiger partial charge in [0.25, 0.3) is 5.91 Å². The van der Waals surface area contributed by atoms with Gasteiger partial charge in [-0.2, -0.15) is 0 Å². The Bertz CT molecular complexity index is 1090. The highest BCUT2D eigenvalue weighted by atomic mass is 32.2. The van der Waals surface area contributed by atoms with Gasteiger partial charge < -0.3 is 15.0 Å². The average Bonchev–Trinajstić information content (AvgIpc) is 3.09. The third-order valence-corrected chi connectivity index (χ3v) is 7.04. The van der Waals surface area contributed by atoms with Crippen molar-refractivity contribution in [1.29, 1.82) is 0 Å². The van der Waals surface area contributed by atoms with E-state index in [1.165, 1.54) is 6.92 Å². The number of likely N-dealkylation sites (tertiary alicyclic amines) is 1. The Labute approximate surface area is 201 Å². The van der Waals surface area contributed by atoms with Crippen molar-refractivity contribution < 1.29 is 22.7 Å². The lowest BCUT2D eigenvalue weighted by atomic mass is 10.1. The number of amides is 2. The molecule has 184 valence electrons. The van der Waals surface area contributed by atoms with Crippen molar-refractivity contribution >= 4 is 33.2 Å².